The second kappa shape index (κ2) is 8.84. The van der Waals surface area contributed by atoms with Crippen molar-refractivity contribution in [3.05, 3.63) is 98.7 Å². The van der Waals surface area contributed by atoms with Gasteiger partial charge in [-0.1, -0.05) is 47.5 Å². The summed E-state index contributed by atoms with van der Waals surface area (Å²) in [6.45, 7) is 0.287. The normalized spacial score (nSPS) is 13.6. The Morgan fingerprint density at radius 2 is 1.84 bits per heavy atom. The van der Waals surface area contributed by atoms with Crippen LogP contribution in [-0.4, -0.2) is 18.9 Å². The lowest BCUT2D eigenvalue weighted by Crippen LogP contribution is -2.02. The lowest BCUT2D eigenvalue weighted by molar-refractivity contribution is 0.0600. The monoisotopic (exact) mass is 454 g/mol. The van der Waals surface area contributed by atoms with Crippen molar-refractivity contribution in [3.63, 3.8) is 0 Å². The van der Waals surface area contributed by atoms with Gasteiger partial charge in [-0.25, -0.2) is 4.79 Å². The number of ether oxygens (including phenoxy) is 3. The average molecular weight is 455 g/mol. The summed E-state index contributed by atoms with van der Waals surface area (Å²) in [5.74, 6) is 0.486. The van der Waals surface area contributed by atoms with Crippen LogP contribution in [0.4, 0.5) is 0 Å². The standard InChI is InChI=1S/C24H16Cl2O5/c1-29-24(28)15-7-5-14(6-8-15)13-30-17-9-10-18-20(12-17)31-21(23(18)27)11-16-3-2-4-19(25)22(16)26/h2-12H,13H2,1H3. The van der Waals surface area contributed by atoms with E-state index < -0.39 is 5.97 Å². The lowest BCUT2D eigenvalue weighted by Gasteiger charge is -2.08. The molecule has 0 bridgehead atoms. The molecule has 0 aromatic heterocycles. The van der Waals surface area contributed by atoms with Crippen LogP contribution in [0, 0.1) is 0 Å². The van der Waals surface area contributed by atoms with Gasteiger partial charge >= 0.3 is 5.97 Å². The van der Waals surface area contributed by atoms with Gasteiger partial charge in [-0.2, -0.15) is 0 Å². The van der Waals surface area contributed by atoms with Crippen molar-refractivity contribution < 1.29 is 23.8 Å². The third-order valence-electron chi connectivity index (χ3n) is 4.69. The molecule has 0 atom stereocenters. The summed E-state index contributed by atoms with van der Waals surface area (Å²) in [6.07, 6.45) is 1.57. The number of hydrogen-bond donors (Lipinski definition) is 0. The van der Waals surface area contributed by atoms with Crippen molar-refractivity contribution in [2.75, 3.05) is 7.11 Å². The van der Waals surface area contributed by atoms with E-state index in [1.807, 2.05) is 0 Å². The first-order chi connectivity index (χ1) is 15.0. The topological polar surface area (TPSA) is 61.8 Å². The fourth-order valence-corrected chi connectivity index (χ4v) is 3.41. The SMILES string of the molecule is COC(=O)c1ccc(COc2ccc3c(c2)OC(=Cc2cccc(Cl)c2Cl)C3=O)cc1. The third-order valence-corrected chi connectivity index (χ3v) is 5.52. The second-order valence-corrected chi connectivity index (χ2v) is 7.50. The number of halogens is 2. The molecule has 1 aliphatic rings. The van der Waals surface area contributed by atoms with Crippen molar-refractivity contribution in [2.24, 2.45) is 0 Å². The molecule has 1 aliphatic heterocycles. The van der Waals surface area contributed by atoms with Gasteiger partial charge in [0.2, 0.25) is 5.78 Å². The van der Waals surface area contributed by atoms with Crippen molar-refractivity contribution >= 4 is 41.0 Å². The van der Waals surface area contributed by atoms with Crippen LogP contribution in [0.5, 0.6) is 11.5 Å². The van der Waals surface area contributed by atoms with E-state index in [0.29, 0.717) is 38.2 Å². The van der Waals surface area contributed by atoms with E-state index in [1.54, 1.807) is 66.7 Å². The van der Waals surface area contributed by atoms with Crippen LogP contribution in [0.2, 0.25) is 10.0 Å². The summed E-state index contributed by atoms with van der Waals surface area (Å²) in [5, 5.41) is 0.751. The van der Waals surface area contributed by atoms with Gasteiger partial charge in [0.15, 0.2) is 5.76 Å². The molecular weight excluding hydrogens is 439 g/mol. The minimum absolute atomic E-state index is 0.162. The van der Waals surface area contributed by atoms with E-state index in [1.165, 1.54) is 7.11 Å². The molecule has 3 aromatic rings. The van der Waals surface area contributed by atoms with E-state index in [4.69, 9.17) is 32.7 Å². The van der Waals surface area contributed by atoms with Crippen LogP contribution in [0.15, 0.2) is 66.4 Å². The zero-order valence-electron chi connectivity index (χ0n) is 16.4. The minimum Gasteiger partial charge on any atom is -0.489 e. The van der Waals surface area contributed by atoms with E-state index >= 15 is 0 Å². The summed E-state index contributed by atoms with van der Waals surface area (Å²) in [6, 6.07) is 17.1. The number of hydrogen-bond acceptors (Lipinski definition) is 5. The highest BCUT2D eigenvalue weighted by molar-refractivity contribution is 6.43. The molecule has 0 radical (unpaired) electrons. The molecule has 0 aliphatic carbocycles. The van der Waals surface area contributed by atoms with Crippen LogP contribution in [0.1, 0.15) is 31.8 Å². The summed E-state index contributed by atoms with van der Waals surface area (Å²) in [7, 11) is 1.34. The Labute approximate surface area is 188 Å². The quantitative estimate of drug-likeness (QED) is 0.350. The summed E-state index contributed by atoms with van der Waals surface area (Å²) in [4.78, 5) is 24.2. The number of ketones is 1. The maximum atomic E-state index is 12.7. The maximum Gasteiger partial charge on any atom is 0.337 e. The molecule has 0 unspecified atom stereocenters. The number of esters is 1. The van der Waals surface area contributed by atoms with Crippen LogP contribution in [0.25, 0.3) is 6.08 Å². The average Bonchev–Trinajstić information content (AvgIpc) is 3.10. The molecule has 0 fully saturated rings. The molecule has 156 valence electrons. The summed E-state index contributed by atoms with van der Waals surface area (Å²) >= 11 is 12.2. The number of benzene rings is 3. The van der Waals surface area contributed by atoms with E-state index in [9.17, 15) is 9.59 Å². The molecule has 7 heteroatoms. The van der Waals surface area contributed by atoms with Crippen molar-refractivity contribution in [2.45, 2.75) is 6.61 Å². The lowest BCUT2D eigenvalue weighted by atomic mass is 10.1. The molecule has 3 aromatic carbocycles. The molecule has 31 heavy (non-hydrogen) atoms. The molecule has 1 heterocycles. The fraction of sp³-hybridized carbons (Fsp3) is 0.0833. The molecule has 0 saturated carbocycles. The van der Waals surface area contributed by atoms with E-state index in [0.717, 1.165) is 5.56 Å². The third kappa shape index (κ3) is 4.43. The molecule has 0 N–H and O–H groups in total. The van der Waals surface area contributed by atoms with Gasteiger partial charge < -0.3 is 14.2 Å². The first kappa shape index (κ1) is 21.0. The number of allylic oxidation sites excluding steroid dienone is 1. The Morgan fingerprint density at radius 3 is 2.58 bits per heavy atom. The Hall–Kier alpha value is -3.28. The zero-order valence-corrected chi connectivity index (χ0v) is 17.9. The number of fused-ring (bicyclic) bond motifs is 1. The summed E-state index contributed by atoms with van der Waals surface area (Å²) in [5.41, 5.74) is 2.38. The van der Waals surface area contributed by atoms with Crippen LogP contribution >= 0.6 is 23.2 Å². The van der Waals surface area contributed by atoms with Gasteiger partial charge in [0.05, 0.1) is 28.3 Å². The molecule has 5 nitrogen and oxygen atoms in total. The fourth-order valence-electron chi connectivity index (χ4n) is 3.05. The molecule has 0 spiro atoms. The minimum atomic E-state index is -0.393. The van der Waals surface area contributed by atoms with Gasteiger partial charge in [0.25, 0.3) is 0 Å². The van der Waals surface area contributed by atoms with Gasteiger partial charge in [-0.15, -0.1) is 0 Å². The molecular formula is C24H16Cl2O5. The maximum absolute atomic E-state index is 12.7. The number of Topliss-reactive ketones (excluding diaryl/α,β-unsaturated/α-hetero) is 1. The Kier molecular flexibility index (Phi) is 5.98. The van der Waals surface area contributed by atoms with Gasteiger partial charge in [-0.3, -0.25) is 4.79 Å². The highest BCUT2D eigenvalue weighted by Gasteiger charge is 2.28. The van der Waals surface area contributed by atoms with Gasteiger partial charge in [0.1, 0.15) is 18.1 Å². The molecule has 0 saturated heterocycles. The van der Waals surface area contributed by atoms with E-state index in [2.05, 4.69) is 4.74 Å². The van der Waals surface area contributed by atoms with Crippen molar-refractivity contribution in [1.29, 1.82) is 0 Å². The number of rotatable bonds is 5. The highest BCUT2D eigenvalue weighted by atomic mass is 35.5. The molecule has 4 rings (SSSR count). The summed E-state index contributed by atoms with van der Waals surface area (Å²) < 4.78 is 16.2. The number of carbonyl (C=O) groups excluding carboxylic acids is 2. The zero-order chi connectivity index (χ0) is 22.0. The first-order valence-electron chi connectivity index (χ1n) is 9.28. The van der Waals surface area contributed by atoms with Crippen LogP contribution < -0.4 is 9.47 Å². The van der Waals surface area contributed by atoms with Crippen LogP contribution in [0.3, 0.4) is 0 Å². The van der Waals surface area contributed by atoms with Crippen molar-refractivity contribution in [1.82, 2.24) is 0 Å². The van der Waals surface area contributed by atoms with Gasteiger partial charge in [0, 0.05) is 6.07 Å². The number of methoxy groups -OCH3 is 1. The predicted octanol–water partition coefficient (Wildman–Crippen LogP) is 5.98. The van der Waals surface area contributed by atoms with Crippen molar-refractivity contribution in [3.8, 4) is 11.5 Å². The van der Waals surface area contributed by atoms with Crippen LogP contribution in [-0.2, 0) is 11.3 Å². The van der Waals surface area contributed by atoms with E-state index in [-0.39, 0.29) is 18.1 Å². The second-order valence-electron chi connectivity index (χ2n) is 6.72. The smallest absolute Gasteiger partial charge is 0.337 e. The van der Waals surface area contributed by atoms with Gasteiger partial charge in [-0.05, 0) is 47.5 Å². The Bertz CT molecular complexity index is 1200. The highest BCUT2D eigenvalue weighted by Crippen LogP contribution is 2.36. The largest absolute Gasteiger partial charge is 0.489 e. The predicted molar refractivity (Wildman–Crippen MR) is 118 cm³/mol. The Balaban J connectivity index is 1.48. The first-order valence-corrected chi connectivity index (χ1v) is 10.0. The number of carbonyl (C=O) groups is 2. The Morgan fingerprint density at radius 1 is 1.06 bits per heavy atom. The molecule has 0 amide bonds.